The fourth-order valence-corrected chi connectivity index (χ4v) is 2.89. The van der Waals surface area contributed by atoms with Crippen molar-refractivity contribution < 1.29 is 0 Å². The lowest BCUT2D eigenvalue weighted by molar-refractivity contribution is 0.638. The Bertz CT molecular complexity index is 1110. The van der Waals surface area contributed by atoms with Crippen LogP contribution in [-0.4, -0.2) is 19.7 Å². The summed E-state index contributed by atoms with van der Waals surface area (Å²) in [5.74, 6) is 0. The Morgan fingerprint density at radius 1 is 0.960 bits per heavy atom. The van der Waals surface area contributed by atoms with Crippen LogP contribution in [0, 0.1) is 0 Å². The van der Waals surface area contributed by atoms with Crippen LogP contribution in [-0.2, 0) is 6.54 Å². The van der Waals surface area contributed by atoms with Gasteiger partial charge in [0.2, 0.25) is 0 Å². The van der Waals surface area contributed by atoms with Crippen molar-refractivity contribution >= 4 is 22.5 Å². The minimum Gasteiger partial charge on any atom is -0.267 e. The number of pyridine rings is 2. The van der Waals surface area contributed by atoms with Gasteiger partial charge >= 0.3 is 0 Å². The Kier molecular flexibility index (Phi) is 3.99. The first-order valence-corrected chi connectivity index (χ1v) is 8.12. The third-order valence-corrected chi connectivity index (χ3v) is 4.09. The van der Waals surface area contributed by atoms with Gasteiger partial charge in [-0.3, -0.25) is 14.8 Å². The molecule has 3 heterocycles. The van der Waals surface area contributed by atoms with E-state index in [0.29, 0.717) is 21.6 Å². The molecule has 0 N–H and O–H groups in total. The van der Waals surface area contributed by atoms with Crippen LogP contribution in [0.15, 0.2) is 71.8 Å². The number of rotatable bonds is 3. The van der Waals surface area contributed by atoms with Crippen LogP contribution in [0.4, 0.5) is 0 Å². The van der Waals surface area contributed by atoms with Gasteiger partial charge in [-0.05, 0) is 36.4 Å². The molecule has 0 aliphatic heterocycles. The summed E-state index contributed by atoms with van der Waals surface area (Å²) in [6.07, 6.45) is 3.35. The zero-order chi connectivity index (χ0) is 17.2. The Labute approximate surface area is 148 Å². The second kappa shape index (κ2) is 6.45. The number of aromatic nitrogens is 4. The van der Waals surface area contributed by atoms with Crippen molar-refractivity contribution in [3.05, 3.63) is 88.1 Å². The predicted molar refractivity (Wildman–Crippen MR) is 97.6 cm³/mol. The van der Waals surface area contributed by atoms with E-state index in [1.165, 1.54) is 4.68 Å². The molecule has 0 aliphatic rings. The zero-order valence-electron chi connectivity index (χ0n) is 13.1. The standard InChI is InChI=1S/C19H13ClN4O/c20-14-6-3-5-13(11-14)17-18-16(8-4-10-22-18)19(25)24(23-17)12-15-7-1-2-9-21-15/h1-11H,12H2. The second-order valence-electron chi connectivity index (χ2n) is 5.54. The molecule has 4 aromatic rings. The van der Waals surface area contributed by atoms with Gasteiger partial charge in [0.05, 0.1) is 17.6 Å². The highest BCUT2D eigenvalue weighted by molar-refractivity contribution is 6.30. The van der Waals surface area contributed by atoms with Crippen LogP contribution in [0.5, 0.6) is 0 Å². The van der Waals surface area contributed by atoms with E-state index < -0.39 is 0 Å². The zero-order valence-corrected chi connectivity index (χ0v) is 13.9. The Morgan fingerprint density at radius 3 is 2.64 bits per heavy atom. The first kappa shape index (κ1) is 15.5. The molecule has 3 aromatic heterocycles. The summed E-state index contributed by atoms with van der Waals surface area (Å²) in [6.45, 7) is 0.290. The van der Waals surface area contributed by atoms with E-state index in [-0.39, 0.29) is 12.1 Å². The molecule has 0 radical (unpaired) electrons. The molecule has 6 heteroatoms. The van der Waals surface area contributed by atoms with Gasteiger partial charge in [0, 0.05) is 23.0 Å². The highest BCUT2D eigenvalue weighted by Crippen LogP contribution is 2.25. The summed E-state index contributed by atoms with van der Waals surface area (Å²) in [5, 5.41) is 5.67. The lowest BCUT2D eigenvalue weighted by Gasteiger charge is -2.10. The smallest absolute Gasteiger partial charge is 0.267 e. The summed E-state index contributed by atoms with van der Waals surface area (Å²) in [7, 11) is 0. The number of hydrogen-bond acceptors (Lipinski definition) is 4. The molecule has 1 aromatic carbocycles. The molecule has 0 saturated heterocycles. The number of fused-ring (bicyclic) bond motifs is 1. The maximum absolute atomic E-state index is 12.8. The number of hydrogen-bond donors (Lipinski definition) is 0. The van der Waals surface area contributed by atoms with Crippen molar-refractivity contribution in [1.82, 2.24) is 19.7 Å². The van der Waals surface area contributed by atoms with E-state index >= 15 is 0 Å². The molecule has 0 spiro atoms. The summed E-state index contributed by atoms with van der Waals surface area (Å²) in [4.78, 5) is 21.4. The average molecular weight is 349 g/mol. The van der Waals surface area contributed by atoms with Gasteiger partial charge in [0.15, 0.2) is 0 Å². The van der Waals surface area contributed by atoms with Gasteiger partial charge in [-0.25, -0.2) is 4.68 Å². The molecular weight excluding hydrogens is 336 g/mol. The molecule has 4 rings (SSSR count). The molecule has 5 nitrogen and oxygen atoms in total. The summed E-state index contributed by atoms with van der Waals surface area (Å²) in [6, 6.07) is 16.4. The monoisotopic (exact) mass is 348 g/mol. The maximum atomic E-state index is 12.8. The van der Waals surface area contributed by atoms with Gasteiger partial charge in [-0.1, -0.05) is 29.8 Å². The van der Waals surface area contributed by atoms with Gasteiger partial charge in [-0.15, -0.1) is 0 Å². The fourth-order valence-electron chi connectivity index (χ4n) is 2.70. The first-order chi connectivity index (χ1) is 12.2. The molecule has 0 amide bonds. The predicted octanol–water partition coefficient (Wildman–Crippen LogP) is 3.56. The van der Waals surface area contributed by atoms with E-state index in [9.17, 15) is 4.79 Å². The summed E-state index contributed by atoms with van der Waals surface area (Å²) >= 11 is 6.12. The lowest BCUT2D eigenvalue weighted by atomic mass is 10.1. The molecule has 0 unspecified atom stereocenters. The van der Waals surface area contributed by atoms with Crippen molar-refractivity contribution in [3.63, 3.8) is 0 Å². The molecule has 122 valence electrons. The second-order valence-corrected chi connectivity index (χ2v) is 5.98. The normalized spacial score (nSPS) is 10.9. The van der Waals surface area contributed by atoms with Crippen LogP contribution < -0.4 is 5.56 Å². The largest absolute Gasteiger partial charge is 0.276 e. The van der Waals surface area contributed by atoms with Crippen LogP contribution in [0.1, 0.15) is 5.69 Å². The van der Waals surface area contributed by atoms with Gasteiger partial charge < -0.3 is 0 Å². The minimum atomic E-state index is -0.195. The van der Waals surface area contributed by atoms with Crippen molar-refractivity contribution in [3.8, 4) is 11.3 Å². The molecule has 0 saturated carbocycles. The summed E-state index contributed by atoms with van der Waals surface area (Å²) < 4.78 is 1.42. The molecule has 0 bridgehead atoms. The number of benzene rings is 1. The average Bonchev–Trinajstić information content (AvgIpc) is 2.65. The van der Waals surface area contributed by atoms with E-state index in [1.807, 2.05) is 36.4 Å². The van der Waals surface area contributed by atoms with Gasteiger partial charge in [-0.2, -0.15) is 5.10 Å². The molecule has 0 atom stereocenters. The molecule has 25 heavy (non-hydrogen) atoms. The highest BCUT2D eigenvalue weighted by atomic mass is 35.5. The Hall–Kier alpha value is -3.05. The third kappa shape index (κ3) is 3.02. The quantitative estimate of drug-likeness (QED) is 0.568. The van der Waals surface area contributed by atoms with E-state index in [0.717, 1.165) is 11.3 Å². The van der Waals surface area contributed by atoms with Crippen molar-refractivity contribution in [2.45, 2.75) is 6.54 Å². The first-order valence-electron chi connectivity index (χ1n) is 7.74. The highest BCUT2D eigenvalue weighted by Gasteiger charge is 2.14. The van der Waals surface area contributed by atoms with Crippen LogP contribution in [0.3, 0.4) is 0 Å². The van der Waals surface area contributed by atoms with E-state index in [2.05, 4.69) is 15.1 Å². The van der Waals surface area contributed by atoms with Crippen LogP contribution >= 0.6 is 11.6 Å². The Balaban J connectivity index is 1.96. The fraction of sp³-hybridized carbons (Fsp3) is 0.0526. The maximum Gasteiger partial charge on any atom is 0.276 e. The number of halogens is 1. The van der Waals surface area contributed by atoms with Gasteiger partial charge in [0.1, 0.15) is 11.2 Å². The van der Waals surface area contributed by atoms with Crippen LogP contribution in [0.25, 0.3) is 22.2 Å². The van der Waals surface area contributed by atoms with E-state index in [1.54, 1.807) is 30.6 Å². The molecular formula is C19H13ClN4O. The topological polar surface area (TPSA) is 60.7 Å². The molecule has 0 aliphatic carbocycles. The minimum absolute atomic E-state index is 0.195. The van der Waals surface area contributed by atoms with Crippen LogP contribution in [0.2, 0.25) is 5.02 Å². The third-order valence-electron chi connectivity index (χ3n) is 3.85. The van der Waals surface area contributed by atoms with Gasteiger partial charge in [0.25, 0.3) is 5.56 Å². The van der Waals surface area contributed by atoms with Crippen molar-refractivity contribution in [2.24, 2.45) is 0 Å². The van der Waals surface area contributed by atoms with Crippen molar-refractivity contribution in [2.75, 3.05) is 0 Å². The summed E-state index contributed by atoms with van der Waals surface area (Å²) in [5.41, 5.74) is 2.56. The van der Waals surface area contributed by atoms with E-state index in [4.69, 9.17) is 11.6 Å². The Morgan fingerprint density at radius 2 is 1.84 bits per heavy atom. The lowest BCUT2D eigenvalue weighted by Crippen LogP contribution is -2.25. The van der Waals surface area contributed by atoms with Crippen molar-refractivity contribution in [1.29, 1.82) is 0 Å². The number of nitrogens with zero attached hydrogens (tertiary/aromatic N) is 4. The molecule has 0 fully saturated rings. The SMILES string of the molecule is O=c1c2cccnc2c(-c2cccc(Cl)c2)nn1Cc1ccccn1.